The smallest absolute Gasteiger partial charge is 0.262 e. The molecule has 0 aliphatic heterocycles. The van der Waals surface area contributed by atoms with Crippen molar-refractivity contribution in [1.29, 1.82) is 0 Å². The van der Waals surface area contributed by atoms with Gasteiger partial charge < -0.3 is 0 Å². The van der Waals surface area contributed by atoms with Gasteiger partial charge in [0.1, 0.15) is 0 Å². The van der Waals surface area contributed by atoms with E-state index in [2.05, 4.69) is 15.8 Å². The van der Waals surface area contributed by atoms with E-state index in [1.54, 1.807) is 12.1 Å². The predicted octanol–water partition coefficient (Wildman–Crippen LogP) is 1.66. The van der Waals surface area contributed by atoms with Gasteiger partial charge in [0.25, 0.3) is 5.56 Å². The third-order valence-electron chi connectivity index (χ3n) is 3.95. The maximum absolute atomic E-state index is 12.4. The molecule has 1 saturated carbocycles. The molecule has 110 valence electrons. The summed E-state index contributed by atoms with van der Waals surface area (Å²) in [5, 5.41) is 0.579. The molecule has 1 aromatic carbocycles. The summed E-state index contributed by atoms with van der Waals surface area (Å²) < 4.78 is 1.52. The standard InChI is InChI=1S/C15H18N4O2/c1-2-19-14(21)11-8-3-4-9-12(11)16-15(19)18-17-13(20)10-6-5-7-10/h3-4,8-10H,2,5-7H2,1H3,(H,16,18)(H,17,20). The lowest BCUT2D eigenvalue weighted by atomic mass is 9.85. The van der Waals surface area contributed by atoms with Crippen LogP contribution in [0.2, 0.25) is 0 Å². The van der Waals surface area contributed by atoms with Crippen LogP contribution in [-0.4, -0.2) is 15.5 Å². The van der Waals surface area contributed by atoms with Gasteiger partial charge in [-0.05, 0) is 31.9 Å². The minimum atomic E-state index is -0.108. The molecule has 0 unspecified atom stereocenters. The van der Waals surface area contributed by atoms with E-state index in [9.17, 15) is 9.59 Å². The first-order valence-corrected chi connectivity index (χ1v) is 7.26. The van der Waals surface area contributed by atoms with Crippen molar-refractivity contribution < 1.29 is 4.79 Å². The zero-order valence-electron chi connectivity index (χ0n) is 11.9. The van der Waals surface area contributed by atoms with E-state index < -0.39 is 0 Å². The van der Waals surface area contributed by atoms with E-state index in [1.165, 1.54) is 4.57 Å². The van der Waals surface area contributed by atoms with E-state index in [-0.39, 0.29) is 17.4 Å². The third kappa shape index (κ3) is 2.49. The topological polar surface area (TPSA) is 76.0 Å². The third-order valence-corrected chi connectivity index (χ3v) is 3.95. The van der Waals surface area contributed by atoms with Gasteiger partial charge in [-0.2, -0.15) is 0 Å². The van der Waals surface area contributed by atoms with E-state index in [4.69, 9.17) is 0 Å². The van der Waals surface area contributed by atoms with E-state index in [0.717, 1.165) is 19.3 Å². The van der Waals surface area contributed by atoms with Gasteiger partial charge in [-0.25, -0.2) is 4.98 Å². The SMILES string of the molecule is CCn1c(NNC(=O)C2CCC2)nc2ccccc2c1=O. The van der Waals surface area contributed by atoms with Crippen molar-refractivity contribution in [2.24, 2.45) is 5.92 Å². The summed E-state index contributed by atoms with van der Waals surface area (Å²) in [5.74, 6) is 0.417. The first-order valence-electron chi connectivity index (χ1n) is 7.26. The van der Waals surface area contributed by atoms with Crippen LogP contribution in [0.5, 0.6) is 0 Å². The summed E-state index contributed by atoms with van der Waals surface area (Å²) in [6, 6.07) is 7.20. The average molecular weight is 286 g/mol. The molecule has 6 nitrogen and oxygen atoms in total. The summed E-state index contributed by atoms with van der Waals surface area (Å²) in [5.41, 5.74) is 5.96. The van der Waals surface area contributed by atoms with Gasteiger partial charge in [-0.3, -0.25) is 25.0 Å². The molecule has 1 fully saturated rings. The van der Waals surface area contributed by atoms with Gasteiger partial charge in [0, 0.05) is 12.5 Å². The van der Waals surface area contributed by atoms with E-state index in [1.807, 2.05) is 19.1 Å². The van der Waals surface area contributed by atoms with Gasteiger partial charge in [-0.15, -0.1) is 0 Å². The number of benzene rings is 1. The Morgan fingerprint density at radius 1 is 1.38 bits per heavy atom. The largest absolute Gasteiger partial charge is 0.277 e. The molecule has 3 rings (SSSR count). The van der Waals surface area contributed by atoms with Gasteiger partial charge in [0.15, 0.2) is 0 Å². The molecular weight excluding hydrogens is 268 g/mol. The van der Waals surface area contributed by atoms with Crippen LogP contribution >= 0.6 is 0 Å². The molecule has 6 heteroatoms. The van der Waals surface area contributed by atoms with Crippen LogP contribution in [0, 0.1) is 5.92 Å². The predicted molar refractivity (Wildman–Crippen MR) is 80.8 cm³/mol. The number of nitrogens with zero attached hydrogens (tertiary/aromatic N) is 2. The molecule has 1 aromatic heterocycles. The van der Waals surface area contributed by atoms with Gasteiger partial charge in [0.05, 0.1) is 10.9 Å². The summed E-state index contributed by atoms with van der Waals surface area (Å²) in [7, 11) is 0. The Bertz CT molecular complexity index is 734. The number of aromatic nitrogens is 2. The quantitative estimate of drug-likeness (QED) is 0.838. The minimum Gasteiger partial charge on any atom is -0.277 e. The highest BCUT2D eigenvalue weighted by molar-refractivity contribution is 5.81. The number of hydrogen-bond donors (Lipinski definition) is 2. The number of anilines is 1. The fraction of sp³-hybridized carbons (Fsp3) is 0.400. The van der Waals surface area contributed by atoms with Crippen molar-refractivity contribution in [2.45, 2.75) is 32.7 Å². The Kier molecular flexibility index (Phi) is 3.60. The van der Waals surface area contributed by atoms with Crippen molar-refractivity contribution in [2.75, 3.05) is 5.43 Å². The van der Waals surface area contributed by atoms with Crippen LogP contribution in [-0.2, 0) is 11.3 Å². The first kappa shape index (κ1) is 13.6. The second-order valence-electron chi connectivity index (χ2n) is 5.24. The van der Waals surface area contributed by atoms with Gasteiger partial charge in [0.2, 0.25) is 11.9 Å². The molecule has 1 aliphatic carbocycles. The zero-order chi connectivity index (χ0) is 14.8. The highest BCUT2D eigenvalue weighted by Crippen LogP contribution is 2.26. The highest BCUT2D eigenvalue weighted by atomic mass is 16.2. The number of carbonyl (C=O) groups excluding carboxylic acids is 1. The molecule has 0 radical (unpaired) electrons. The van der Waals surface area contributed by atoms with Crippen LogP contribution in [0.3, 0.4) is 0 Å². The summed E-state index contributed by atoms with van der Waals surface area (Å²) in [4.78, 5) is 28.7. The van der Waals surface area contributed by atoms with Crippen molar-refractivity contribution in [1.82, 2.24) is 15.0 Å². The Balaban J connectivity index is 1.89. The van der Waals surface area contributed by atoms with Gasteiger partial charge in [-0.1, -0.05) is 18.6 Å². The van der Waals surface area contributed by atoms with Crippen LogP contribution in [0.1, 0.15) is 26.2 Å². The Morgan fingerprint density at radius 2 is 2.14 bits per heavy atom. The van der Waals surface area contributed by atoms with Crippen molar-refractivity contribution in [3.8, 4) is 0 Å². The molecular formula is C15H18N4O2. The molecule has 0 spiro atoms. The Morgan fingerprint density at radius 3 is 2.81 bits per heavy atom. The molecule has 21 heavy (non-hydrogen) atoms. The Labute approximate surface area is 122 Å². The molecule has 1 heterocycles. The number of nitrogens with one attached hydrogen (secondary N) is 2. The number of hydrazine groups is 1. The van der Waals surface area contributed by atoms with E-state index >= 15 is 0 Å². The normalized spacial score (nSPS) is 14.7. The lowest BCUT2D eigenvalue weighted by molar-refractivity contribution is -0.126. The number of hydrogen-bond acceptors (Lipinski definition) is 4. The average Bonchev–Trinajstić information content (AvgIpc) is 2.43. The van der Waals surface area contributed by atoms with Crippen LogP contribution in [0.4, 0.5) is 5.95 Å². The number of rotatable bonds is 4. The van der Waals surface area contributed by atoms with Gasteiger partial charge >= 0.3 is 0 Å². The van der Waals surface area contributed by atoms with E-state index in [0.29, 0.717) is 23.4 Å². The molecule has 1 amide bonds. The Hall–Kier alpha value is -2.37. The summed E-state index contributed by atoms with van der Waals surface area (Å²) >= 11 is 0. The number of amides is 1. The second-order valence-corrected chi connectivity index (χ2v) is 5.24. The zero-order valence-corrected chi connectivity index (χ0v) is 11.9. The van der Waals surface area contributed by atoms with Crippen LogP contribution < -0.4 is 16.4 Å². The lowest BCUT2D eigenvalue weighted by Crippen LogP contribution is -2.40. The maximum atomic E-state index is 12.4. The van der Waals surface area contributed by atoms with Crippen LogP contribution in [0.25, 0.3) is 10.9 Å². The second kappa shape index (κ2) is 5.55. The number of carbonyl (C=O) groups is 1. The fourth-order valence-corrected chi connectivity index (χ4v) is 2.45. The molecule has 0 atom stereocenters. The number of fused-ring (bicyclic) bond motifs is 1. The molecule has 2 N–H and O–H groups in total. The maximum Gasteiger partial charge on any atom is 0.262 e. The van der Waals surface area contributed by atoms with Crippen LogP contribution in [0.15, 0.2) is 29.1 Å². The highest BCUT2D eigenvalue weighted by Gasteiger charge is 2.25. The van der Waals surface area contributed by atoms with Crippen molar-refractivity contribution in [3.63, 3.8) is 0 Å². The minimum absolute atomic E-state index is 0.0358. The van der Waals surface area contributed by atoms with Crippen molar-refractivity contribution in [3.05, 3.63) is 34.6 Å². The van der Waals surface area contributed by atoms with Crippen molar-refractivity contribution >= 4 is 22.8 Å². The molecule has 0 saturated heterocycles. The molecule has 1 aliphatic rings. The first-order chi connectivity index (χ1) is 10.2. The molecule has 2 aromatic rings. The fourth-order valence-electron chi connectivity index (χ4n) is 2.45. The lowest BCUT2D eigenvalue weighted by Gasteiger charge is -2.24. The summed E-state index contributed by atoms with van der Waals surface area (Å²) in [6.45, 7) is 2.36. The number of para-hydroxylation sites is 1. The summed E-state index contributed by atoms with van der Waals surface area (Å²) in [6.07, 6.45) is 2.96. The monoisotopic (exact) mass is 286 g/mol. The molecule has 0 bridgehead atoms.